The van der Waals surface area contributed by atoms with Crippen molar-refractivity contribution in [3.05, 3.63) is 48.0 Å². The second-order valence-corrected chi connectivity index (χ2v) is 4.91. The topological polar surface area (TPSA) is 21.3 Å². The monoisotopic (exact) mass is 245 g/mol. The second-order valence-electron chi connectivity index (χ2n) is 4.91. The predicted molar refractivity (Wildman–Crippen MR) is 75.4 cm³/mol. The van der Waals surface area contributed by atoms with E-state index in [0.29, 0.717) is 0 Å². The van der Waals surface area contributed by atoms with Gasteiger partial charge in [-0.05, 0) is 36.8 Å². The minimum atomic E-state index is 0.722. The Labute approximate surface area is 110 Å². The van der Waals surface area contributed by atoms with Crippen molar-refractivity contribution in [2.75, 3.05) is 6.61 Å². The molecule has 2 heteroatoms. The lowest BCUT2D eigenvalue weighted by Crippen LogP contribution is -2.16. The molecule has 0 aliphatic heterocycles. The zero-order chi connectivity index (χ0) is 12.6. The minimum absolute atomic E-state index is 0.722. The zero-order valence-electron chi connectivity index (χ0n) is 11.0. The van der Waals surface area contributed by atoms with Crippen molar-refractivity contribution in [2.45, 2.75) is 44.9 Å². The van der Waals surface area contributed by atoms with E-state index >= 15 is 0 Å². The average molecular weight is 245 g/mol. The molecule has 1 aliphatic rings. The Hall–Kier alpha value is -1.12. The molecule has 0 atom stereocenters. The number of hydrogen-bond donors (Lipinski definition) is 1. The molecule has 18 heavy (non-hydrogen) atoms. The van der Waals surface area contributed by atoms with E-state index in [1.807, 2.05) is 6.08 Å². The summed E-state index contributed by atoms with van der Waals surface area (Å²) in [5.74, 6) is 0. The van der Waals surface area contributed by atoms with E-state index in [-0.39, 0.29) is 0 Å². The van der Waals surface area contributed by atoms with Gasteiger partial charge in [0.1, 0.15) is 0 Å². The number of hydrogen-bond acceptors (Lipinski definition) is 2. The zero-order valence-corrected chi connectivity index (χ0v) is 11.0. The van der Waals surface area contributed by atoms with Gasteiger partial charge < -0.3 is 10.1 Å². The summed E-state index contributed by atoms with van der Waals surface area (Å²) in [5.41, 5.74) is 2.68. The first-order valence-electron chi connectivity index (χ1n) is 6.89. The van der Waals surface area contributed by atoms with Gasteiger partial charge in [-0.1, -0.05) is 30.3 Å². The molecular formula is C16H23NO. The van der Waals surface area contributed by atoms with Crippen LogP contribution >= 0.6 is 0 Å². The molecule has 0 amide bonds. The van der Waals surface area contributed by atoms with E-state index < -0.39 is 0 Å². The maximum Gasteiger partial charge on any atom is 0.0720 e. The van der Waals surface area contributed by atoms with Crippen LogP contribution in [0.3, 0.4) is 0 Å². The van der Waals surface area contributed by atoms with Crippen molar-refractivity contribution in [2.24, 2.45) is 0 Å². The largest absolute Gasteiger partial charge is 0.377 e. The summed E-state index contributed by atoms with van der Waals surface area (Å²) in [4.78, 5) is 0. The highest BCUT2D eigenvalue weighted by Crippen LogP contribution is 2.20. The predicted octanol–water partition coefficient (Wildman–Crippen LogP) is 3.42. The van der Waals surface area contributed by atoms with Gasteiger partial charge in [0.05, 0.1) is 6.61 Å². The Morgan fingerprint density at radius 1 is 1.28 bits per heavy atom. The van der Waals surface area contributed by atoms with Gasteiger partial charge >= 0.3 is 0 Å². The van der Waals surface area contributed by atoms with Crippen LogP contribution in [0, 0.1) is 0 Å². The Bertz CT molecular complexity index is 371. The van der Waals surface area contributed by atoms with E-state index in [0.717, 1.165) is 38.6 Å². The molecule has 0 heterocycles. The fraction of sp³-hybridized carbons (Fsp3) is 0.500. The van der Waals surface area contributed by atoms with E-state index in [1.54, 1.807) is 0 Å². The molecule has 2 nitrogen and oxygen atoms in total. The molecule has 0 bridgehead atoms. The Morgan fingerprint density at radius 2 is 2.06 bits per heavy atom. The highest BCUT2D eigenvalue weighted by molar-refractivity contribution is 5.26. The maximum atomic E-state index is 5.71. The molecule has 0 radical (unpaired) electrons. The Kier molecular flexibility index (Phi) is 5.43. The first kappa shape index (κ1) is 13.3. The third-order valence-corrected chi connectivity index (χ3v) is 3.23. The molecule has 2 rings (SSSR count). The molecule has 0 spiro atoms. The summed E-state index contributed by atoms with van der Waals surface area (Å²) < 4.78 is 5.71. The third kappa shape index (κ3) is 4.63. The normalized spacial score (nSPS) is 14.7. The molecule has 0 saturated heterocycles. The van der Waals surface area contributed by atoms with Gasteiger partial charge in [-0.15, -0.1) is 6.58 Å². The van der Waals surface area contributed by atoms with Crippen LogP contribution < -0.4 is 5.32 Å². The fourth-order valence-corrected chi connectivity index (χ4v) is 1.92. The fourth-order valence-electron chi connectivity index (χ4n) is 1.92. The quantitative estimate of drug-likeness (QED) is 0.531. The van der Waals surface area contributed by atoms with E-state index in [2.05, 4.69) is 36.2 Å². The maximum absolute atomic E-state index is 5.71. The van der Waals surface area contributed by atoms with Crippen molar-refractivity contribution in [3.63, 3.8) is 0 Å². The van der Waals surface area contributed by atoms with Crippen LogP contribution in [0.1, 0.15) is 36.8 Å². The lowest BCUT2D eigenvalue weighted by molar-refractivity contribution is 0.118. The lowest BCUT2D eigenvalue weighted by Gasteiger charge is -2.10. The van der Waals surface area contributed by atoms with Gasteiger partial charge in [-0.25, -0.2) is 0 Å². The molecule has 1 saturated carbocycles. The van der Waals surface area contributed by atoms with Crippen LogP contribution in [0.15, 0.2) is 36.9 Å². The molecule has 0 aromatic heterocycles. The van der Waals surface area contributed by atoms with Gasteiger partial charge in [-0.2, -0.15) is 0 Å². The lowest BCUT2D eigenvalue weighted by atomic mass is 10.1. The highest BCUT2D eigenvalue weighted by atomic mass is 16.5. The third-order valence-electron chi connectivity index (χ3n) is 3.23. The van der Waals surface area contributed by atoms with Crippen LogP contribution in [0.4, 0.5) is 0 Å². The van der Waals surface area contributed by atoms with Crippen LogP contribution in [0.5, 0.6) is 0 Å². The number of allylic oxidation sites excluding steroid dienone is 1. The van der Waals surface area contributed by atoms with E-state index in [4.69, 9.17) is 4.74 Å². The van der Waals surface area contributed by atoms with Crippen molar-refractivity contribution >= 4 is 0 Å². The molecule has 0 unspecified atom stereocenters. The summed E-state index contributed by atoms with van der Waals surface area (Å²) >= 11 is 0. The molecule has 1 N–H and O–H groups in total. The second kappa shape index (κ2) is 7.34. The number of ether oxygens (including phenoxy) is 1. The summed E-state index contributed by atoms with van der Waals surface area (Å²) in [6.07, 6.45) is 6.70. The van der Waals surface area contributed by atoms with Crippen LogP contribution in [0.2, 0.25) is 0 Å². The van der Waals surface area contributed by atoms with Gasteiger partial charge in [-0.3, -0.25) is 0 Å². The number of benzene rings is 1. The number of unbranched alkanes of at least 4 members (excludes halogenated alkanes) is 1. The summed E-state index contributed by atoms with van der Waals surface area (Å²) in [5, 5.41) is 3.56. The van der Waals surface area contributed by atoms with Gasteiger partial charge in [0.15, 0.2) is 0 Å². The first-order chi connectivity index (χ1) is 8.90. The molecule has 1 aliphatic carbocycles. The summed E-state index contributed by atoms with van der Waals surface area (Å²) in [7, 11) is 0. The van der Waals surface area contributed by atoms with E-state index in [9.17, 15) is 0 Å². The summed E-state index contributed by atoms with van der Waals surface area (Å²) in [6, 6.07) is 9.30. The number of rotatable bonds is 9. The Balaban J connectivity index is 1.76. The van der Waals surface area contributed by atoms with E-state index in [1.165, 1.54) is 24.0 Å². The first-order valence-corrected chi connectivity index (χ1v) is 6.89. The van der Waals surface area contributed by atoms with Crippen molar-refractivity contribution in [3.8, 4) is 0 Å². The van der Waals surface area contributed by atoms with Crippen molar-refractivity contribution in [1.82, 2.24) is 5.32 Å². The molecule has 1 aromatic carbocycles. The van der Waals surface area contributed by atoms with Crippen LogP contribution in [0.25, 0.3) is 0 Å². The van der Waals surface area contributed by atoms with Gasteiger partial charge in [0.25, 0.3) is 0 Å². The highest BCUT2D eigenvalue weighted by Gasteiger charge is 2.20. The van der Waals surface area contributed by atoms with Crippen molar-refractivity contribution in [1.29, 1.82) is 0 Å². The average Bonchev–Trinajstić information content (AvgIpc) is 3.21. The van der Waals surface area contributed by atoms with Crippen LogP contribution in [-0.2, 0) is 17.9 Å². The standard InChI is InChI=1S/C16H23NO/c1-2-3-6-11-18-13-15-8-5-4-7-14(15)12-17-16-9-10-16/h2,4-5,7-8,16-17H,1,3,6,9-13H2. The molecule has 1 fully saturated rings. The number of nitrogens with one attached hydrogen (secondary N) is 1. The summed E-state index contributed by atoms with van der Waals surface area (Å²) in [6.45, 7) is 6.22. The minimum Gasteiger partial charge on any atom is -0.377 e. The van der Waals surface area contributed by atoms with Gasteiger partial charge in [0.2, 0.25) is 0 Å². The Morgan fingerprint density at radius 3 is 2.78 bits per heavy atom. The SMILES string of the molecule is C=CCCCOCc1ccccc1CNC1CC1. The molecule has 98 valence electrons. The molecular weight excluding hydrogens is 222 g/mol. The smallest absolute Gasteiger partial charge is 0.0720 e. The molecule has 1 aromatic rings. The van der Waals surface area contributed by atoms with Crippen LogP contribution in [-0.4, -0.2) is 12.6 Å². The van der Waals surface area contributed by atoms with Gasteiger partial charge in [0, 0.05) is 19.2 Å². The van der Waals surface area contributed by atoms with Crippen molar-refractivity contribution < 1.29 is 4.74 Å².